The number of hydrogen-bond acceptors (Lipinski definition) is 6. The van der Waals surface area contributed by atoms with Crippen molar-refractivity contribution in [1.29, 1.82) is 0 Å². The van der Waals surface area contributed by atoms with E-state index in [4.69, 9.17) is 4.42 Å². The van der Waals surface area contributed by atoms with Crippen molar-refractivity contribution in [3.63, 3.8) is 0 Å². The number of rotatable bonds is 5. The average molecular weight is 359 g/mol. The van der Waals surface area contributed by atoms with Gasteiger partial charge in [0.25, 0.3) is 5.91 Å². The fourth-order valence-electron chi connectivity index (χ4n) is 1.99. The van der Waals surface area contributed by atoms with Gasteiger partial charge in [-0.15, -0.1) is 5.10 Å². The Morgan fingerprint density at radius 1 is 1.08 bits per heavy atom. The van der Waals surface area contributed by atoms with E-state index >= 15 is 0 Å². The van der Waals surface area contributed by atoms with Gasteiger partial charge in [0.05, 0.1) is 5.56 Å². The third-order valence-electron chi connectivity index (χ3n) is 3.18. The van der Waals surface area contributed by atoms with Crippen molar-refractivity contribution in [2.45, 2.75) is 0 Å². The van der Waals surface area contributed by atoms with Crippen molar-refractivity contribution in [1.82, 2.24) is 10.2 Å². The van der Waals surface area contributed by atoms with E-state index in [-0.39, 0.29) is 11.9 Å². The number of amides is 1. The minimum Gasteiger partial charge on any atom is -0.452 e. The van der Waals surface area contributed by atoms with Gasteiger partial charge >= 0.3 is 12.0 Å². The molecule has 0 aliphatic rings. The summed E-state index contributed by atoms with van der Waals surface area (Å²) in [6.45, 7) is -0.710. The number of carbonyl (C=O) groups excluding carboxylic acids is 2. The van der Waals surface area contributed by atoms with Gasteiger partial charge < -0.3 is 9.15 Å². The van der Waals surface area contributed by atoms with Gasteiger partial charge in [0.15, 0.2) is 6.61 Å². The van der Waals surface area contributed by atoms with Crippen LogP contribution in [0.3, 0.4) is 0 Å². The summed E-state index contributed by atoms with van der Waals surface area (Å²) in [5, 5.41) is 9.68. The monoisotopic (exact) mass is 359 g/mol. The van der Waals surface area contributed by atoms with Crippen molar-refractivity contribution >= 4 is 17.9 Å². The minimum absolute atomic E-state index is 0.183. The Morgan fingerprint density at radius 3 is 2.58 bits per heavy atom. The summed E-state index contributed by atoms with van der Waals surface area (Å²) < 4.78 is 36.2. The van der Waals surface area contributed by atoms with Crippen molar-refractivity contribution in [2.24, 2.45) is 0 Å². The third kappa shape index (κ3) is 4.07. The van der Waals surface area contributed by atoms with Gasteiger partial charge in [0, 0.05) is 11.6 Å². The van der Waals surface area contributed by atoms with Crippen LogP contribution >= 0.6 is 0 Å². The van der Waals surface area contributed by atoms with Crippen LogP contribution in [-0.2, 0) is 9.53 Å². The number of hydrogen-bond donors (Lipinski definition) is 1. The Bertz CT molecular complexity index is 944. The molecule has 1 amide bonds. The lowest BCUT2D eigenvalue weighted by molar-refractivity contribution is -0.119. The zero-order chi connectivity index (χ0) is 18.5. The summed E-state index contributed by atoms with van der Waals surface area (Å²) in [5.74, 6) is -3.58. The molecule has 9 heteroatoms. The lowest BCUT2D eigenvalue weighted by atomic mass is 10.2. The molecule has 26 heavy (non-hydrogen) atoms. The van der Waals surface area contributed by atoms with E-state index in [9.17, 15) is 18.4 Å². The Balaban J connectivity index is 1.56. The lowest BCUT2D eigenvalue weighted by Crippen LogP contribution is -2.21. The average Bonchev–Trinajstić information content (AvgIpc) is 3.09. The number of halogens is 2. The number of nitrogens with zero attached hydrogens (tertiary/aromatic N) is 2. The Labute approximate surface area is 145 Å². The van der Waals surface area contributed by atoms with Crippen molar-refractivity contribution in [3.05, 3.63) is 65.7 Å². The molecule has 0 unspecified atom stereocenters. The van der Waals surface area contributed by atoms with E-state index in [1.807, 2.05) is 6.07 Å². The molecule has 0 radical (unpaired) electrons. The van der Waals surface area contributed by atoms with Gasteiger partial charge in [-0.05, 0) is 24.3 Å². The molecule has 1 aromatic heterocycles. The van der Waals surface area contributed by atoms with E-state index in [1.165, 1.54) is 0 Å². The number of aromatic nitrogens is 2. The lowest BCUT2D eigenvalue weighted by Gasteiger charge is -2.05. The highest BCUT2D eigenvalue weighted by Crippen LogP contribution is 2.19. The summed E-state index contributed by atoms with van der Waals surface area (Å²) in [6, 6.07) is 11.1. The highest BCUT2D eigenvalue weighted by molar-refractivity contribution is 5.94. The maximum absolute atomic E-state index is 13.5. The summed E-state index contributed by atoms with van der Waals surface area (Å²) in [4.78, 5) is 23.5. The molecule has 132 valence electrons. The second kappa shape index (κ2) is 7.51. The first-order chi connectivity index (χ1) is 12.5. The molecular weight excluding hydrogens is 348 g/mol. The zero-order valence-corrected chi connectivity index (χ0v) is 13.1. The van der Waals surface area contributed by atoms with E-state index in [2.05, 4.69) is 20.3 Å². The summed E-state index contributed by atoms with van der Waals surface area (Å²) in [5.41, 5.74) is 0.182. The standard InChI is InChI=1S/C17H11F2N3O4/c18-11-6-7-12(13(19)8-11)16(24)25-9-14(23)20-17-22-21-15(26-17)10-4-2-1-3-5-10/h1-8H,9H2,(H,20,22,23). The highest BCUT2D eigenvalue weighted by atomic mass is 19.1. The molecule has 3 aromatic rings. The fourth-order valence-corrected chi connectivity index (χ4v) is 1.99. The van der Waals surface area contributed by atoms with E-state index in [0.29, 0.717) is 11.6 Å². The first-order valence-electron chi connectivity index (χ1n) is 7.34. The van der Waals surface area contributed by atoms with Crippen LogP contribution in [0, 0.1) is 11.6 Å². The Hall–Kier alpha value is -3.62. The molecule has 3 rings (SSSR count). The minimum atomic E-state index is -1.10. The first kappa shape index (κ1) is 17.2. The van der Waals surface area contributed by atoms with Crippen LogP contribution in [0.5, 0.6) is 0 Å². The number of benzene rings is 2. The molecule has 0 atom stereocenters. The van der Waals surface area contributed by atoms with Crippen LogP contribution in [0.15, 0.2) is 52.9 Å². The number of esters is 1. The Kier molecular flexibility index (Phi) is 4.97. The van der Waals surface area contributed by atoms with E-state index in [1.54, 1.807) is 24.3 Å². The molecule has 1 heterocycles. The molecule has 0 spiro atoms. The van der Waals surface area contributed by atoms with Crippen LogP contribution in [0.2, 0.25) is 0 Å². The van der Waals surface area contributed by atoms with E-state index in [0.717, 1.165) is 12.1 Å². The van der Waals surface area contributed by atoms with E-state index < -0.39 is 35.7 Å². The Morgan fingerprint density at radius 2 is 1.85 bits per heavy atom. The second-order valence-corrected chi connectivity index (χ2v) is 5.03. The van der Waals surface area contributed by atoms with Gasteiger partial charge in [-0.25, -0.2) is 13.6 Å². The van der Waals surface area contributed by atoms with Crippen LogP contribution in [0.1, 0.15) is 10.4 Å². The summed E-state index contributed by atoms with van der Waals surface area (Å²) >= 11 is 0. The van der Waals surface area contributed by atoms with Crippen LogP contribution in [0.25, 0.3) is 11.5 Å². The second-order valence-electron chi connectivity index (χ2n) is 5.03. The maximum Gasteiger partial charge on any atom is 0.341 e. The van der Waals surface area contributed by atoms with Crippen LogP contribution < -0.4 is 5.32 Å². The third-order valence-corrected chi connectivity index (χ3v) is 3.18. The SMILES string of the molecule is O=C(COC(=O)c1ccc(F)cc1F)Nc1nnc(-c2ccccc2)o1. The molecule has 2 aromatic carbocycles. The zero-order valence-electron chi connectivity index (χ0n) is 13.1. The van der Waals surface area contributed by atoms with Crippen molar-refractivity contribution in [3.8, 4) is 11.5 Å². The molecule has 7 nitrogen and oxygen atoms in total. The largest absolute Gasteiger partial charge is 0.452 e. The summed E-state index contributed by atoms with van der Waals surface area (Å²) in [6.07, 6.45) is 0. The summed E-state index contributed by atoms with van der Waals surface area (Å²) in [7, 11) is 0. The highest BCUT2D eigenvalue weighted by Gasteiger charge is 2.17. The smallest absolute Gasteiger partial charge is 0.341 e. The van der Waals surface area contributed by atoms with Crippen molar-refractivity contribution in [2.75, 3.05) is 11.9 Å². The molecular formula is C17H11F2N3O4. The maximum atomic E-state index is 13.5. The van der Waals surface area contributed by atoms with Gasteiger partial charge in [-0.3, -0.25) is 10.1 Å². The molecule has 0 fully saturated rings. The molecule has 0 aliphatic carbocycles. The predicted molar refractivity (Wildman–Crippen MR) is 85.0 cm³/mol. The molecule has 0 bridgehead atoms. The number of carbonyl (C=O) groups is 2. The van der Waals surface area contributed by atoms with Crippen LogP contribution in [-0.4, -0.2) is 28.7 Å². The number of anilines is 1. The molecule has 0 saturated carbocycles. The van der Waals surface area contributed by atoms with Crippen LogP contribution in [0.4, 0.5) is 14.8 Å². The first-order valence-corrected chi connectivity index (χ1v) is 7.34. The normalized spacial score (nSPS) is 10.4. The fraction of sp³-hybridized carbons (Fsp3) is 0.0588. The topological polar surface area (TPSA) is 94.3 Å². The van der Waals surface area contributed by atoms with Gasteiger partial charge in [-0.2, -0.15) is 0 Å². The van der Waals surface area contributed by atoms with Gasteiger partial charge in [0.1, 0.15) is 11.6 Å². The van der Waals surface area contributed by atoms with Gasteiger partial charge in [-0.1, -0.05) is 23.3 Å². The predicted octanol–water partition coefficient (Wildman–Crippen LogP) is 2.81. The molecule has 1 N–H and O–H groups in total. The molecule has 0 aliphatic heterocycles. The van der Waals surface area contributed by atoms with Gasteiger partial charge in [0.2, 0.25) is 5.89 Å². The molecule has 0 saturated heterocycles. The number of nitrogens with one attached hydrogen (secondary N) is 1. The van der Waals surface area contributed by atoms with Crippen molar-refractivity contribution < 1.29 is 27.5 Å². The quantitative estimate of drug-likeness (QED) is 0.704. The number of ether oxygens (including phenoxy) is 1.